The molecule has 2 N–H and O–H groups in total. The minimum Gasteiger partial charge on any atom is -0.388 e. The SMILES string of the molecule is OC1CCNCc2ccc(Br)cc21. The van der Waals surface area contributed by atoms with Crippen LogP contribution < -0.4 is 5.32 Å². The first-order valence-corrected chi connectivity index (χ1v) is 5.24. The highest BCUT2D eigenvalue weighted by atomic mass is 79.9. The molecule has 0 radical (unpaired) electrons. The third-order valence-corrected chi connectivity index (χ3v) is 2.87. The van der Waals surface area contributed by atoms with Crippen LogP contribution in [0.4, 0.5) is 0 Å². The summed E-state index contributed by atoms with van der Waals surface area (Å²) < 4.78 is 1.03. The quantitative estimate of drug-likeness (QED) is 0.729. The monoisotopic (exact) mass is 241 g/mol. The van der Waals surface area contributed by atoms with Crippen molar-refractivity contribution in [1.82, 2.24) is 5.32 Å². The molecule has 0 spiro atoms. The van der Waals surface area contributed by atoms with Crippen LogP contribution in [0, 0.1) is 0 Å². The average Bonchev–Trinajstić information content (AvgIpc) is 2.29. The molecule has 1 aromatic rings. The zero-order valence-corrected chi connectivity index (χ0v) is 8.84. The molecule has 1 aliphatic rings. The van der Waals surface area contributed by atoms with Gasteiger partial charge in [0.05, 0.1) is 6.10 Å². The summed E-state index contributed by atoms with van der Waals surface area (Å²) in [5.41, 5.74) is 2.26. The number of benzene rings is 1. The Morgan fingerprint density at radius 1 is 1.46 bits per heavy atom. The zero-order chi connectivity index (χ0) is 9.26. The van der Waals surface area contributed by atoms with Crippen LogP contribution in [0.15, 0.2) is 22.7 Å². The van der Waals surface area contributed by atoms with Crippen LogP contribution in [0.25, 0.3) is 0 Å². The van der Waals surface area contributed by atoms with E-state index in [4.69, 9.17) is 0 Å². The lowest BCUT2D eigenvalue weighted by Gasteiger charge is -2.10. The number of aliphatic hydroxyl groups excluding tert-OH is 1. The van der Waals surface area contributed by atoms with Crippen molar-refractivity contribution in [3.63, 3.8) is 0 Å². The molecular formula is C10H12BrNO. The predicted octanol–water partition coefficient (Wildman–Crippen LogP) is 1.98. The largest absolute Gasteiger partial charge is 0.388 e. The molecule has 70 valence electrons. The van der Waals surface area contributed by atoms with Crippen molar-refractivity contribution in [2.45, 2.75) is 19.1 Å². The van der Waals surface area contributed by atoms with Crippen molar-refractivity contribution in [2.75, 3.05) is 6.54 Å². The van der Waals surface area contributed by atoms with Gasteiger partial charge in [-0.05, 0) is 36.2 Å². The van der Waals surface area contributed by atoms with E-state index in [-0.39, 0.29) is 6.10 Å². The number of hydrogen-bond acceptors (Lipinski definition) is 2. The lowest BCUT2D eigenvalue weighted by Crippen LogP contribution is -2.12. The Morgan fingerprint density at radius 3 is 3.15 bits per heavy atom. The maximum Gasteiger partial charge on any atom is 0.0805 e. The van der Waals surface area contributed by atoms with Crippen LogP contribution in [0.1, 0.15) is 23.7 Å². The molecule has 2 rings (SSSR count). The maximum atomic E-state index is 9.80. The van der Waals surface area contributed by atoms with Gasteiger partial charge in [-0.3, -0.25) is 0 Å². The lowest BCUT2D eigenvalue weighted by molar-refractivity contribution is 0.170. The third-order valence-electron chi connectivity index (χ3n) is 2.38. The summed E-state index contributed by atoms with van der Waals surface area (Å²) in [4.78, 5) is 0. The van der Waals surface area contributed by atoms with Crippen LogP contribution in [-0.4, -0.2) is 11.7 Å². The summed E-state index contributed by atoms with van der Waals surface area (Å²) in [6, 6.07) is 6.08. The number of fused-ring (bicyclic) bond motifs is 1. The second-order valence-electron chi connectivity index (χ2n) is 3.32. The molecule has 0 bridgehead atoms. The number of hydrogen-bond donors (Lipinski definition) is 2. The first-order valence-electron chi connectivity index (χ1n) is 4.44. The fourth-order valence-corrected chi connectivity index (χ4v) is 2.03. The van der Waals surface area contributed by atoms with E-state index >= 15 is 0 Å². The Balaban J connectivity index is 2.43. The highest BCUT2D eigenvalue weighted by Gasteiger charge is 2.15. The van der Waals surface area contributed by atoms with Gasteiger partial charge >= 0.3 is 0 Å². The smallest absolute Gasteiger partial charge is 0.0805 e. The molecule has 2 nitrogen and oxygen atoms in total. The Hall–Kier alpha value is -0.380. The fourth-order valence-electron chi connectivity index (χ4n) is 1.65. The Bertz CT molecular complexity index is 314. The summed E-state index contributed by atoms with van der Waals surface area (Å²) in [5.74, 6) is 0. The van der Waals surface area contributed by atoms with Crippen molar-refractivity contribution in [2.24, 2.45) is 0 Å². The van der Waals surface area contributed by atoms with E-state index < -0.39 is 0 Å². The van der Waals surface area contributed by atoms with Gasteiger partial charge in [0, 0.05) is 11.0 Å². The van der Waals surface area contributed by atoms with Crippen LogP contribution in [-0.2, 0) is 6.54 Å². The van der Waals surface area contributed by atoms with E-state index in [9.17, 15) is 5.11 Å². The van der Waals surface area contributed by atoms with Crippen LogP contribution in [0.2, 0.25) is 0 Å². The minimum atomic E-state index is -0.317. The van der Waals surface area contributed by atoms with Gasteiger partial charge < -0.3 is 10.4 Å². The van der Waals surface area contributed by atoms with Gasteiger partial charge in [-0.1, -0.05) is 22.0 Å². The van der Waals surface area contributed by atoms with Gasteiger partial charge in [-0.2, -0.15) is 0 Å². The van der Waals surface area contributed by atoms with Crippen molar-refractivity contribution in [3.8, 4) is 0 Å². The highest BCUT2D eigenvalue weighted by molar-refractivity contribution is 9.10. The molecule has 1 atom stereocenters. The first-order chi connectivity index (χ1) is 6.27. The van der Waals surface area contributed by atoms with Crippen molar-refractivity contribution in [1.29, 1.82) is 0 Å². The van der Waals surface area contributed by atoms with Gasteiger partial charge in [-0.15, -0.1) is 0 Å². The Labute approximate surface area is 86.1 Å². The normalized spacial score (nSPS) is 22.2. The molecule has 1 unspecified atom stereocenters. The van der Waals surface area contributed by atoms with E-state index in [2.05, 4.69) is 27.3 Å². The van der Waals surface area contributed by atoms with Gasteiger partial charge in [0.15, 0.2) is 0 Å². The second-order valence-corrected chi connectivity index (χ2v) is 4.24. The lowest BCUT2D eigenvalue weighted by atomic mass is 10.0. The number of nitrogens with one attached hydrogen (secondary N) is 1. The van der Waals surface area contributed by atoms with Crippen molar-refractivity contribution < 1.29 is 5.11 Å². The van der Waals surface area contributed by atoms with E-state index in [1.165, 1.54) is 5.56 Å². The molecule has 13 heavy (non-hydrogen) atoms. The second kappa shape index (κ2) is 3.78. The number of halogens is 1. The standard InChI is InChI=1S/C10H12BrNO/c11-8-2-1-7-6-12-4-3-10(13)9(7)5-8/h1-2,5,10,12-13H,3-4,6H2. The molecule has 1 aliphatic heterocycles. The van der Waals surface area contributed by atoms with E-state index in [1.807, 2.05) is 12.1 Å². The molecule has 0 aromatic heterocycles. The molecule has 1 heterocycles. The van der Waals surface area contributed by atoms with Crippen LogP contribution in [0.5, 0.6) is 0 Å². The summed E-state index contributed by atoms with van der Waals surface area (Å²) >= 11 is 3.41. The molecule has 0 aliphatic carbocycles. The fraction of sp³-hybridized carbons (Fsp3) is 0.400. The van der Waals surface area contributed by atoms with Gasteiger partial charge in [0.25, 0.3) is 0 Å². The third kappa shape index (κ3) is 1.93. The summed E-state index contributed by atoms with van der Waals surface area (Å²) in [6.07, 6.45) is 0.478. The predicted molar refractivity (Wildman–Crippen MR) is 55.4 cm³/mol. The average molecular weight is 242 g/mol. The topological polar surface area (TPSA) is 32.3 Å². The van der Waals surface area contributed by atoms with Crippen molar-refractivity contribution >= 4 is 15.9 Å². The molecule has 3 heteroatoms. The zero-order valence-electron chi connectivity index (χ0n) is 7.26. The van der Waals surface area contributed by atoms with E-state index in [0.717, 1.165) is 29.5 Å². The highest BCUT2D eigenvalue weighted by Crippen LogP contribution is 2.26. The Kier molecular flexibility index (Phi) is 2.67. The van der Waals surface area contributed by atoms with Crippen molar-refractivity contribution in [3.05, 3.63) is 33.8 Å². The van der Waals surface area contributed by atoms with Gasteiger partial charge in [0.1, 0.15) is 0 Å². The van der Waals surface area contributed by atoms with E-state index in [0.29, 0.717) is 0 Å². The Morgan fingerprint density at radius 2 is 2.31 bits per heavy atom. The maximum absolute atomic E-state index is 9.80. The number of rotatable bonds is 0. The van der Waals surface area contributed by atoms with E-state index in [1.54, 1.807) is 0 Å². The molecule has 0 fully saturated rings. The first kappa shape index (κ1) is 9.19. The molecule has 0 saturated heterocycles. The molecule has 0 amide bonds. The molecular weight excluding hydrogens is 230 g/mol. The summed E-state index contributed by atoms with van der Waals surface area (Å²) in [7, 11) is 0. The van der Waals surface area contributed by atoms with Crippen LogP contribution >= 0.6 is 15.9 Å². The van der Waals surface area contributed by atoms with Gasteiger partial charge in [0.2, 0.25) is 0 Å². The van der Waals surface area contributed by atoms with Crippen LogP contribution in [0.3, 0.4) is 0 Å². The minimum absolute atomic E-state index is 0.317. The molecule has 1 aromatic carbocycles. The summed E-state index contributed by atoms with van der Waals surface area (Å²) in [6.45, 7) is 1.74. The molecule has 0 saturated carbocycles. The summed E-state index contributed by atoms with van der Waals surface area (Å²) in [5, 5.41) is 13.1. The number of aliphatic hydroxyl groups is 1. The van der Waals surface area contributed by atoms with Gasteiger partial charge in [-0.25, -0.2) is 0 Å².